The van der Waals surface area contributed by atoms with E-state index < -0.39 is 0 Å². The zero-order valence-electron chi connectivity index (χ0n) is 15.4. The fourth-order valence-electron chi connectivity index (χ4n) is 3.13. The first kappa shape index (κ1) is 18.7. The third-order valence-electron chi connectivity index (χ3n) is 4.83. The summed E-state index contributed by atoms with van der Waals surface area (Å²) in [6, 6.07) is 7.65. The quantitative estimate of drug-likeness (QED) is 0.759. The molecule has 0 atom stereocenters. The maximum absolute atomic E-state index is 12.4. The van der Waals surface area contributed by atoms with E-state index in [4.69, 9.17) is 9.47 Å². The molecule has 2 amide bonds. The summed E-state index contributed by atoms with van der Waals surface area (Å²) >= 11 is 0. The number of amides is 2. The first-order chi connectivity index (χ1) is 12.6. The molecule has 7 heteroatoms. The van der Waals surface area contributed by atoms with E-state index in [-0.39, 0.29) is 18.4 Å². The maximum Gasteiger partial charge on any atom is 0.260 e. The molecule has 2 saturated heterocycles. The van der Waals surface area contributed by atoms with Crippen LogP contribution in [0.25, 0.3) is 0 Å². The van der Waals surface area contributed by atoms with Crippen molar-refractivity contribution in [1.82, 2.24) is 14.7 Å². The summed E-state index contributed by atoms with van der Waals surface area (Å²) in [6.07, 6.45) is 0. The number of hydrogen-bond acceptors (Lipinski definition) is 5. The van der Waals surface area contributed by atoms with Crippen LogP contribution in [0, 0.1) is 6.92 Å². The lowest BCUT2D eigenvalue weighted by Gasteiger charge is -2.36. The first-order valence-electron chi connectivity index (χ1n) is 9.17. The van der Waals surface area contributed by atoms with E-state index in [1.54, 1.807) is 4.90 Å². The molecule has 142 valence electrons. The summed E-state index contributed by atoms with van der Waals surface area (Å²) in [5.41, 5.74) is 1.15. The Kier molecular flexibility index (Phi) is 6.46. The molecule has 0 unspecified atom stereocenters. The molecule has 2 fully saturated rings. The summed E-state index contributed by atoms with van der Waals surface area (Å²) in [6.45, 7) is 7.76. The average molecular weight is 361 g/mol. The normalized spacial score (nSPS) is 18.7. The van der Waals surface area contributed by atoms with Gasteiger partial charge in [0.05, 0.1) is 19.8 Å². The standard InChI is InChI=1S/C19H27N3O4/c1-16-2-4-17(5-3-16)26-15-19(24)22-8-6-21(7-9-22)18(23)14-20-10-12-25-13-11-20/h2-5H,6-15H2,1H3. The third-order valence-corrected chi connectivity index (χ3v) is 4.83. The highest BCUT2D eigenvalue weighted by Gasteiger charge is 2.25. The van der Waals surface area contributed by atoms with Crippen molar-refractivity contribution in [3.8, 4) is 5.75 Å². The fraction of sp³-hybridized carbons (Fsp3) is 0.579. The lowest BCUT2D eigenvalue weighted by Crippen LogP contribution is -2.54. The van der Waals surface area contributed by atoms with Crippen LogP contribution < -0.4 is 4.74 Å². The number of carbonyl (C=O) groups is 2. The predicted octanol–water partition coefficient (Wildman–Crippen LogP) is 0.377. The molecule has 0 aliphatic carbocycles. The lowest BCUT2D eigenvalue weighted by molar-refractivity contribution is -0.141. The van der Waals surface area contributed by atoms with Crippen LogP contribution in [0.2, 0.25) is 0 Å². The van der Waals surface area contributed by atoms with Gasteiger partial charge in [0.15, 0.2) is 6.61 Å². The maximum atomic E-state index is 12.4. The zero-order chi connectivity index (χ0) is 18.4. The minimum atomic E-state index is -0.0362. The molecule has 2 aliphatic rings. The fourth-order valence-corrected chi connectivity index (χ4v) is 3.13. The van der Waals surface area contributed by atoms with Gasteiger partial charge in [0.1, 0.15) is 5.75 Å². The van der Waals surface area contributed by atoms with Crippen LogP contribution >= 0.6 is 0 Å². The van der Waals surface area contributed by atoms with Gasteiger partial charge in [-0.25, -0.2) is 0 Å². The van der Waals surface area contributed by atoms with E-state index in [0.717, 1.165) is 18.7 Å². The van der Waals surface area contributed by atoms with Gasteiger partial charge in [-0.15, -0.1) is 0 Å². The SMILES string of the molecule is Cc1ccc(OCC(=O)N2CCN(C(=O)CN3CCOCC3)CC2)cc1. The second-order valence-electron chi connectivity index (χ2n) is 6.75. The van der Waals surface area contributed by atoms with Gasteiger partial charge in [-0.2, -0.15) is 0 Å². The summed E-state index contributed by atoms with van der Waals surface area (Å²) in [5.74, 6) is 0.795. The van der Waals surface area contributed by atoms with Crippen molar-refractivity contribution in [2.45, 2.75) is 6.92 Å². The number of piperazine rings is 1. The van der Waals surface area contributed by atoms with Crippen LogP contribution in [0.5, 0.6) is 5.75 Å². The van der Waals surface area contributed by atoms with Crippen molar-refractivity contribution in [3.05, 3.63) is 29.8 Å². The van der Waals surface area contributed by atoms with E-state index in [0.29, 0.717) is 51.7 Å². The number of aryl methyl sites for hydroxylation is 1. The highest BCUT2D eigenvalue weighted by Crippen LogP contribution is 2.12. The molecule has 0 aromatic heterocycles. The Labute approximate surface area is 154 Å². The molecule has 0 bridgehead atoms. The number of benzene rings is 1. The molecular formula is C19H27N3O4. The summed E-state index contributed by atoms with van der Waals surface area (Å²) < 4.78 is 10.9. The monoisotopic (exact) mass is 361 g/mol. The smallest absolute Gasteiger partial charge is 0.260 e. The van der Waals surface area contributed by atoms with E-state index >= 15 is 0 Å². The highest BCUT2D eigenvalue weighted by molar-refractivity contribution is 5.80. The number of ether oxygens (including phenoxy) is 2. The molecule has 7 nitrogen and oxygen atoms in total. The number of carbonyl (C=O) groups excluding carboxylic acids is 2. The molecule has 2 aliphatic heterocycles. The minimum Gasteiger partial charge on any atom is -0.484 e. The summed E-state index contributed by atoms with van der Waals surface area (Å²) in [7, 11) is 0. The Balaban J connectivity index is 1.39. The van der Waals surface area contributed by atoms with Crippen LogP contribution in [0.15, 0.2) is 24.3 Å². The Morgan fingerprint density at radius 2 is 1.50 bits per heavy atom. The number of morpholine rings is 1. The molecule has 1 aromatic rings. The molecule has 2 heterocycles. The van der Waals surface area contributed by atoms with Crippen LogP contribution in [0.1, 0.15) is 5.56 Å². The Morgan fingerprint density at radius 1 is 0.923 bits per heavy atom. The molecule has 0 N–H and O–H groups in total. The topological polar surface area (TPSA) is 62.3 Å². The van der Waals surface area contributed by atoms with Crippen molar-refractivity contribution in [2.75, 3.05) is 65.6 Å². The van der Waals surface area contributed by atoms with Gasteiger partial charge >= 0.3 is 0 Å². The van der Waals surface area contributed by atoms with E-state index in [1.165, 1.54) is 0 Å². The van der Waals surface area contributed by atoms with Crippen LogP contribution in [0.4, 0.5) is 0 Å². The van der Waals surface area contributed by atoms with Crippen LogP contribution in [-0.4, -0.2) is 92.1 Å². The van der Waals surface area contributed by atoms with Crippen LogP contribution in [0.3, 0.4) is 0 Å². The highest BCUT2D eigenvalue weighted by atomic mass is 16.5. The minimum absolute atomic E-state index is 0.0325. The van der Waals surface area contributed by atoms with Crippen molar-refractivity contribution in [1.29, 1.82) is 0 Å². The van der Waals surface area contributed by atoms with Gasteiger partial charge in [-0.3, -0.25) is 14.5 Å². The van der Waals surface area contributed by atoms with Crippen molar-refractivity contribution in [2.24, 2.45) is 0 Å². The second kappa shape index (κ2) is 9.00. The number of rotatable bonds is 5. The molecule has 0 radical (unpaired) electrons. The number of hydrogen-bond donors (Lipinski definition) is 0. The van der Waals surface area contributed by atoms with E-state index in [1.807, 2.05) is 36.1 Å². The molecule has 0 saturated carbocycles. The van der Waals surface area contributed by atoms with Gasteiger partial charge in [-0.05, 0) is 19.1 Å². The van der Waals surface area contributed by atoms with Gasteiger partial charge in [0.2, 0.25) is 5.91 Å². The van der Waals surface area contributed by atoms with E-state index in [2.05, 4.69) is 4.90 Å². The molecule has 0 spiro atoms. The van der Waals surface area contributed by atoms with Crippen molar-refractivity contribution >= 4 is 11.8 Å². The van der Waals surface area contributed by atoms with E-state index in [9.17, 15) is 9.59 Å². The summed E-state index contributed by atoms with van der Waals surface area (Å²) in [5, 5.41) is 0. The molecule has 1 aromatic carbocycles. The Bertz CT molecular complexity index is 606. The number of nitrogens with zero attached hydrogens (tertiary/aromatic N) is 3. The lowest BCUT2D eigenvalue weighted by atomic mass is 10.2. The Hall–Kier alpha value is -2.12. The molecular weight excluding hydrogens is 334 g/mol. The molecule has 3 rings (SSSR count). The third kappa shape index (κ3) is 5.19. The Morgan fingerprint density at radius 3 is 2.12 bits per heavy atom. The van der Waals surface area contributed by atoms with Gasteiger partial charge in [0, 0.05) is 39.3 Å². The molecule has 26 heavy (non-hydrogen) atoms. The summed E-state index contributed by atoms with van der Waals surface area (Å²) in [4.78, 5) is 30.4. The largest absolute Gasteiger partial charge is 0.484 e. The first-order valence-corrected chi connectivity index (χ1v) is 9.17. The predicted molar refractivity (Wildman–Crippen MR) is 97.1 cm³/mol. The van der Waals surface area contributed by atoms with Gasteiger partial charge < -0.3 is 19.3 Å². The van der Waals surface area contributed by atoms with Crippen molar-refractivity contribution in [3.63, 3.8) is 0 Å². The van der Waals surface area contributed by atoms with Crippen molar-refractivity contribution < 1.29 is 19.1 Å². The van der Waals surface area contributed by atoms with Crippen LogP contribution in [-0.2, 0) is 14.3 Å². The zero-order valence-corrected chi connectivity index (χ0v) is 15.4. The second-order valence-corrected chi connectivity index (χ2v) is 6.75. The average Bonchev–Trinajstić information content (AvgIpc) is 2.68. The van der Waals surface area contributed by atoms with Gasteiger partial charge in [-0.1, -0.05) is 17.7 Å². The van der Waals surface area contributed by atoms with Gasteiger partial charge in [0.25, 0.3) is 5.91 Å².